The van der Waals surface area contributed by atoms with E-state index in [1.54, 1.807) is 31.2 Å². The van der Waals surface area contributed by atoms with Gasteiger partial charge in [-0.15, -0.1) is 11.3 Å². The zero-order valence-corrected chi connectivity index (χ0v) is 14.0. The van der Waals surface area contributed by atoms with Gasteiger partial charge in [-0.3, -0.25) is 0 Å². The number of hydrogen-bond acceptors (Lipinski definition) is 3. The highest BCUT2D eigenvalue weighted by Crippen LogP contribution is 2.38. The predicted molar refractivity (Wildman–Crippen MR) is 89.2 cm³/mol. The van der Waals surface area contributed by atoms with E-state index in [1.807, 2.05) is 0 Å². The molecule has 0 bridgehead atoms. The van der Waals surface area contributed by atoms with E-state index in [-0.39, 0.29) is 5.52 Å². The quantitative estimate of drug-likeness (QED) is 0.639. The fourth-order valence-corrected chi connectivity index (χ4v) is 3.79. The molecule has 0 amide bonds. The second kappa shape index (κ2) is 6.27. The van der Waals surface area contributed by atoms with Crippen LogP contribution in [-0.4, -0.2) is 13.7 Å². The summed E-state index contributed by atoms with van der Waals surface area (Å²) in [7, 11) is 0. The Morgan fingerprint density at radius 3 is 2.58 bits per heavy atom. The minimum atomic E-state index is -4.42. The van der Waals surface area contributed by atoms with Gasteiger partial charge in [0.25, 0.3) is 0 Å². The van der Waals surface area contributed by atoms with Crippen LogP contribution >= 0.6 is 11.3 Å². The first-order valence-corrected chi connectivity index (χ1v) is 8.93. The van der Waals surface area contributed by atoms with Gasteiger partial charge in [0.15, 0.2) is 11.1 Å². The second-order valence-corrected chi connectivity index (χ2v) is 7.50. The number of benzene rings is 2. The minimum absolute atomic E-state index is 0.261. The molecular formula is C16H12F3NO2S2. The largest absolute Gasteiger partial charge is 0.416 e. The maximum absolute atomic E-state index is 12.8. The zero-order valence-electron chi connectivity index (χ0n) is 12.4. The number of hydrogen-bond donors (Lipinski definition) is 1. The van der Waals surface area contributed by atoms with Crippen LogP contribution < -0.4 is 0 Å². The molecular weight excluding hydrogens is 359 g/mol. The summed E-state index contributed by atoms with van der Waals surface area (Å²) >= 11 is -0.797. The minimum Gasteiger partial charge on any atom is -0.306 e. The summed E-state index contributed by atoms with van der Waals surface area (Å²) in [6.07, 6.45) is -4.42. The van der Waals surface area contributed by atoms with Gasteiger partial charge in [-0.2, -0.15) is 13.2 Å². The molecule has 0 saturated heterocycles. The maximum atomic E-state index is 12.8. The van der Waals surface area contributed by atoms with Crippen molar-refractivity contribution in [1.82, 2.24) is 4.98 Å². The van der Waals surface area contributed by atoms with E-state index in [1.165, 1.54) is 17.4 Å². The first-order chi connectivity index (χ1) is 11.3. The Labute approximate surface area is 142 Å². The molecule has 126 valence electrons. The second-order valence-electron chi connectivity index (χ2n) is 5.20. The van der Waals surface area contributed by atoms with Crippen LogP contribution in [0.2, 0.25) is 0 Å². The van der Waals surface area contributed by atoms with Crippen LogP contribution in [0, 0.1) is 0 Å². The molecule has 2 unspecified atom stereocenters. The Hall–Kier alpha value is -1.77. The first-order valence-electron chi connectivity index (χ1n) is 6.94. The van der Waals surface area contributed by atoms with Gasteiger partial charge in [0, 0.05) is 5.56 Å². The number of thiazole rings is 1. The summed E-state index contributed by atoms with van der Waals surface area (Å²) in [6, 6.07) is 10.4. The van der Waals surface area contributed by atoms with Gasteiger partial charge in [0.2, 0.25) is 0 Å². The van der Waals surface area contributed by atoms with Crippen LogP contribution in [0.1, 0.15) is 23.3 Å². The molecule has 0 aliphatic rings. The van der Waals surface area contributed by atoms with Crippen LogP contribution in [0.15, 0.2) is 42.5 Å². The monoisotopic (exact) mass is 371 g/mol. The topological polar surface area (TPSA) is 50.2 Å². The molecule has 24 heavy (non-hydrogen) atoms. The van der Waals surface area contributed by atoms with Crippen LogP contribution in [0.5, 0.6) is 0 Å². The lowest BCUT2D eigenvalue weighted by Gasteiger charge is -2.11. The molecule has 2 aromatic carbocycles. The van der Waals surface area contributed by atoms with E-state index < -0.39 is 28.1 Å². The third kappa shape index (κ3) is 3.22. The molecule has 0 spiro atoms. The van der Waals surface area contributed by atoms with Crippen molar-refractivity contribution in [1.29, 1.82) is 0 Å². The van der Waals surface area contributed by atoms with Crippen molar-refractivity contribution in [3.63, 3.8) is 0 Å². The fourth-order valence-electron chi connectivity index (χ4n) is 2.37. The van der Waals surface area contributed by atoms with Crippen molar-refractivity contribution in [2.75, 3.05) is 0 Å². The van der Waals surface area contributed by atoms with E-state index in [9.17, 15) is 21.9 Å². The summed E-state index contributed by atoms with van der Waals surface area (Å²) < 4.78 is 59.8. The Morgan fingerprint density at radius 2 is 1.92 bits per heavy atom. The molecule has 1 N–H and O–H groups in total. The summed E-state index contributed by atoms with van der Waals surface area (Å²) in [4.78, 5) is 4.30. The molecule has 3 aromatic rings. The normalized spacial score (nSPS) is 14.7. The Balaban J connectivity index is 2.13. The first kappa shape index (κ1) is 17.1. The molecule has 0 aliphatic carbocycles. The Morgan fingerprint density at radius 1 is 1.21 bits per heavy atom. The lowest BCUT2D eigenvalue weighted by molar-refractivity contribution is -0.137. The molecule has 2 atom stereocenters. The predicted octanol–water partition coefficient (Wildman–Crippen LogP) is 5.26. The van der Waals surface area contributed by atoms with Crippen LogP contribution in [0.3, 0.4) is 0 Å². The van der Waals surface area contributed by atoms with Crippen molar-refractivity contribution in [2.45, 2.75) is 18.3 Å². The lowest BCUT2D eigenvalue weighted by atomic mass is 10.1. The average molecular weight is 371 g/mol. The smallest absolute Gasteiger partial charge is 0.306 e. The number of fused-ring (bicyclic) bond motifs is 1. The SMILES string of the molecule is CC(c1ccccc1-c1nc2cc(C(F)(F)F)ccc2s1)S(=O)O. The molecule has 0 radical (unpaired) electrons. The molecule has 0 fully saturated rings. The van der Waals surface area contributed by atoms with Crippen molar-refractivity contribution in [3.05, 3.63) is 53.6 Å². The lowest BCUT2D eigenvalue weighted by Crippen LogP contribution is -2.04. The molecule has 3 rings (SSSR count). The van der Waals surface area contributed by atoms with Crippen molar-refractivity contribution in [3.8, 4) is 10.6 Å². The zero-order chi connectivity index (χ0) is 17.5. The Kier molecular flexibility index (Phi) is 4.46. The number of aromatic nitrogens is 1. The number of halogens is 3. The highest BCUT2D eigenvalue weighted by atomic mass is 32.2. The molecule has 1 heterocycles. The van der Waals surface area contributed by atoms with Gasteiger partial charge in [-0.25, -0.2) is 9.19 Å². The Bertz CT molecular complexity index is 921. The molecule has 1 aromatic heterocycles. The highest BCUT2D eigenvalue weighted by Gasteiger charge is 2.31. The molecule has 8 heteroatoms. The van der Waals surface area contributed by atoms with Crippen molar-refractivity contribution >= 4 is 32.6 Å². The summed E-state index contributed by atoms with van der Waals surface area (Å²) in [5, 5.41) is -0.101. The van der Waals surface area contributed by atoms with E-state index in [0.717, 1.165) is 12.1 Å². The third-order valence-corrected chi connectivity index (χ3v) is 5.58. The van der Waals surface area contributed by atoms with Crippen LogP contribution in [-0.2, 0) is 17.3 Å². The van der Waals surface area contributed by atoms with Crippen molar-refractivity contribution < 1.29 is 21.9 Å². The van der Waals surface area contributed by atoms with Gasteiger partial charge in [0.05, 0.1) is 21.0 Å². The number of rotatable bonds is 3. The van der Waals surface area contributed by atoms with Crippen molar-refractivity contribution in [2.24, 2.45) is 0 Å². The van der Waals surface area contributed by atoms with E-state index in [2.05, 4.69) is 4.98 Å². The van der Waals surface area contributed by atoms with Crippen LogP contribution in [0.25, 0.3) is 20.8 Å². The van der Waals surface area contributed by atoms with Gasteiger partial charge < -0.3 is 4.55 Å². The molecule has 0 aliphatic heterocycles. The number of alkyl halides is 3. The summed E-state index contributed by atoms with van der Waals surface area (Å²) in [5.41, 5.74) is 0.804. The van der Waals surface area contributed by atoms with E-state index in [4.69, 9.17) is 0 Å². The summed E-state index contributed by atoms with van der Waals surface area (Å²) in [5.74, 6) is 0. The standard InChI is InChI=1S/C16H12F3NO2S2/c1-9(24(21)22)11-4-2-3-5-12(11)15-20-13-8-10(16(17,18)19)6-7-14(13)23-15/h2-9H,1H3,(H,21,22). The van der Waals surface area contributed by atoms with E-state index >= 15 is 0 Å². The highest BCUT2D eigenvalue weighted by molar-refractivity contribution is 7.79. The van der Waals surface area contributed by atoms with E-state index in [0.29, 0.717) is 20.8 Å². The van der Waals surface area contributed by atoms with Gasteiger partial charge >= 0.3 is 6.18 Å². The van der Waals surface area contributed by atoms with Crippen LogP contribution in [0.4, 0.5) is 13.2 Å². The van der Waals surface area contributed by atoms with Gasteiger partial charge in [0.1, 0.15) is 5.01 Å². The maximum Gasteiger partial charge on any atom is 0.416 e. The third-order valence-electron chi connectivity index (χ3n) is 3.65. The summed E-state index contributed by atoms with van der Waals surface area (Å²) in [6.45, 7) is 1.62. The average Bonchev–Trinajstić information content (AvgIpc) is 2.96. The molecule has 3 nitrogen and oxygen atoms in total. The fraction of sp³-hybridized carbons (Fsp3) is 0.188. The number of nitrogens with zero attached hydrogens (tertiary/aromatic N) is 1. The van der Waals surface area contributed by atoms with Gasteiger partial charge in [-0.05, 0) is 30.7 Å². The van der Waals surface area contributed by atoms with Gasteiger partial charge in [-0.1, -0.05) is 24.3 Å². The molecule has 0 saturated carbocycles.